The minimum Gasteiger partial charge on any atom is -0.489 e. The maximum absolute atomic E-state index is 13.2. The lowest BCUT2D eigenvalue weighted by molar-refractivity contribution is -0.218. The number of hydroxylamine groups is 2. The number of rotatable bonds is 13. The summed E-state index contributed by atoms with van der Waals surface area (Å²) >= 11 is 0.961. The standard InChI is InChI=1S/C28H34N8O10S2.C2HF3O2/c1-27(2)10-15(11-30-27)31-20-8-5-14-9-16(6-7-17(14)32-20)44-12-19(25(39)40)45-35-21(18-13-47-26(29)33-18)23(37)34-22-24(38)36(28(22,3)4)46-48(41,42)43;3-2(4,5)1(6)7/h5-9,13,15,19,22,30H,10-12H2,1-4H3,(H2,29,33)(H,31,32)(H,34,37)(H,39,40)(H,41,42,43);(H,6,7). The number of nitrogens with zero attached hydrogens (tertiary/aromatic N) is 4. The molecule has 2 fully saturated rings. The minimum absolute atomic E-state index is 0.0500. The number of oxime groups is 1. The number of carbonyl (C=O) groups is 4. The zero-order valence-corrected chi connectivity index (χ0v) is 30.8. The van der Waals surface area contributed by atoms with Gasteiger partial charge in [-0.15, -0.1) is 15.6 Å². The summed E-state index contributed by atoms with van der Waals surface area (Å²) < 4.78 is 72.9. The fourth-order valence-electron chi connectivity index (χ4n) is 5.20. The predicted octanol–water partition coefficient (Wildman–Crippen LogP) is 1.55. The number of pyridine rings is 1. The molecule has 5 rings (SSSR count). The number of amides is 2. The number of carboxylic acids is 2. The highest BCUT2D eigenvalue weighted by molar-refractivity contribution is 7.80. The number of fused-ring (bicyclic) bond motifs is 1. The molecule has 300 valence electrons. The van der Waals surface area contributed by atoms with Crippen LogP contribution in [-0.4, -0.2) is 116 Å². The van der Waals surface area contributed by atoms with Crippen LogP contribution in [0.4, 0.5) is 24.1 Å². The molecule has 0 radical (unpaired) electrons. The van der Waals surface area contributed by atoms with Gasteiger partial charge < -0.3 is 41.5 Å². The van der Waals surface area contributed by atoms with Gasteiger partial charge in [0, 0.05) is 28.9 Å². The number of halogens is 3. The third-order valence-corrected chi connectivity index (χ3v) is 8.90. The fourth-order valence-corrected chi connectivity index (χ4v) is 6.20. The Morgan fingerprint density at radius 3 is 2.36 bits per heavy atom. The Morgan fingerprint density at radius 1 is 1.16 bits per heavy atom. The Hall–Kier alpha value is -5.37. The van der Waals surface area contributed by atoms with E-state index in [9.17, 15) is 41.1 Å². The lowest BCUT2D eigenvalue weighted by Crippen LogP contribution is -2.76. The molecular formula is C30H35F3N8O12S2. The SMILES string of the molecule is CC1(C)CC(Nc2ccc3cc(OCC(ON=C(C(=O)NC4C(=O)N(OS(=O)(=O)O)C4(C)C)c4csc(N)n4)C(=O)O)ccc3n2)CN1.O=C(O)C(F)(F)F. The normalized spacial score (nSPS) is 19.7. The number of aromatic nitrogens is 2. The first kappa shape index (κ1) is 42.4. The number of nitrogen functional groups attached to an aromatic ring is 1. The number of ether oxygens (including phenoxy) is 1. The summed E-state index contributed by atoms with van der Waals surface area (Å²) in [4.78, 5) is 60.6. The van der Waals surface area contributed by atoms with Crippen molar-refractivity contribution in [2.45, 2.75) is 69.6 Å². The highest BCUT2D eigenvalue weighted by atomic mass is 32.3. The van der Waals surface area contributed by atoms with E-state index in [4.69, 9.17) is 29.8 Å². The summed E-state index contributed by atoms with van der Waals surface area (Å²) in [5.41, 5.74) is 4.42. The van der Waals surface area contributed by atoms with Gasteiger partial charge in [0.2, 0.25) is 0 Å². The van der Waals surface area contributed by atoms with Gasteiger partial charge in [-0.3, -0.25) is 14.1 Å². The number of anilines is 2. The van der Waals surface area contributed by atoms with Gasteiger partial charge in [0.05, 0.1) is 11.1 Å². The maximum Gasteiger partial charge on any atom is 0.490 e. The predicted molar refractivity (Wildman–Crippen MR) is 186 cm³/mol. The van der Waals surface area contributed by atoms with Crippen molar-refractivity contribution in [2.75, 3.05) is 24.2 Å². The van der Waals surface area contributed by atoms with Crippen molar-refractivity contribution < 1.29 is 69.4 Å². The van der Waals surface area contributed by atoms with Crippen molar-refractivity contribution in [3.63, 3.8) is 0 Å². The van der Waals surface area contributed by atoms with Crippen LogP contribution in [-0.2, 0) is 38.7 Å². The Labute approximate surface area is 313 Å². The molecule has 2 amide bonds. The molecule has 0 aliphatic carbocycles. The molecule has 2 saturated heterocycles. The summed E-state index contributed by atoms with van der Waals surface area (Å²) in [7, 11) is -5.02. The van der Waals surface area contributed by atoms with Gasteiger partial charge in [-0.1, -0.05) is 5.16 Å². The van der Waals surface area contributed by atoms with Crippen LogP contribution in [0.3, 0.4) is 0 Å². The number of β-lactam (4-membered cyclic amide) rings is 1. The lowest BCUT2D eigenvalue weighted by Gasteiger charge is -2.50. The van der Waals surface area contributed by atoms with Gasteiger partial charge in [-0.25, -0.2) is 19.6 Å². The van der Waals surface area contributed by atoms with Crippen LogP contribution >= 0.6 is 11.3 Å². The molecule has 20 nitrogen and oxygen atoms in total. The number of thiazole rings is 1. The zero-order chi connectivity index (χ0) is 41.1. The third-order valence-electron chi connectivity index (χ3n) is 7.89. The van der Waals surface area contributed by atoms with Crippen LogP contribution in [0.5, 0.6) is 5.75 Å². The molecule has 0 bridgehead atoms. The molecule has 0 spiro atoms. The quantitative estimate of drug-likeness (QED) is 0.0557. The number of nitrogens with two attached hydrogens (primary N) is 1. The van der Waals surface area contributed by atoms with Crippen molar-refractivity contribution in [1.82, 2.24) is 25.7 Å². The second kappa shape index (κ2) is 16.2. The summed E-state index contributed by atoms with van der Waals surface area (Å²) in [5, 5.41) is 32.5. The number of nitrogens with one attached hydrogen (secondary N) is 3. The summed E-state index contributed by atoms with van der Waals surface area (Å²) in [6.07, 6.45) is -5.82. The van der Waals surface area contributed by atoms with Gasteiger partial charge in [-0.2, -0.15) is 26.7 Å². The third kappa shape index (κ3) is 11.1. The Balaban J connectivity index is 0.000000876. The van der Waals surface area contributed by atoms with Crippen LogP contribution in [0.25, 0.3) is 10.9 Å². The summed E-state index contributed by atoms with van der Waals surface area (Å²) in [5.74, 6) is -5.16. The Morgan fingerprint density at radius 2 is 1.84 bits per heavy atom. The number of carboxylic acid groups (broad SMARTS) is 2. The minimum atomic E-state index is -5.08. The molecule has 2 aliphatic heterocycles. The molecule has 0 saturated carbocycles. The van der Waals surface area contributed by atoms with Gasteiger partial charge >= 0.3 is 28.5 Å². The van der Waals surface area contributed by atoms with Crippen LogP contribution in [0.1, 0.15) is 39.8 Å². The molecule has 2 aliphatic rings. The van der Waals surface area contributed by atoms with Crippen LogP contribution < -0.4 is 26.4 Å². The van der Waals surface area contributed by atoms with E-state index in [-0.39, 0.29) is 22.4 Å². The first-order chi connectivity index (χ1) is 25.4. The van der Waals surface area contributed by atoms with Crippen LogP contribution in [0, 0.1) is 0 Å². The molecule has 1 aromatic carbocycles. The highest BCUT2D eigenvalue weighted by Gasteiger charge is 2.58. The monoisotopic (exact) mass is 820 g/mol. The van der Waals surface area contributed by atoms with E-state index in [2.05, 4.69) is 49.2 Å². The van der Waals surface area contributed by atoms with Gasteiger partial charge in [0.15, 0.2) is 10.8 Å². The fraction of sp³-hybridized carbons (Fsp3) is 0.433. The molecule has 55 heavy (non-hydrogen) atoms. The van der Waals surface area contributed by atoms with E-state index < -0.39 is 70.3 Å². The largest absolute Gasteiger partial charge is 0.490 e. The summed E-state index contributed by atoms with van der Waals surface area (Å²) in [6, 6.07) is 7.70. The Kier molecular flexibility index (Phi) is 12.4. The molecule has 25 heteroatoms. The molecule has 4 heterocycles. The van der Waals surface area contributed by atoms with Crippen molar-refractivity contribution in [1.29, 1.82) is 0 Å². The molecule has 2 aromatic heterocycles. The number of aliphatic carboxylic acids is 2. The second-order valence-electron chi connectivity index (χ2n) is 13.1. The van der Waals surface area contributed by atoms with E-state index in [1.807, 2.05) is 12.1 Å². The molecule has 8 N–H and O–H groups in total. The molecule has 3 atom stereocenters. The van der Waals surface area contributed by atoms with Crippen LogP contribution in [0.2, 0.25) is 0 Å². The smallest absolute Gasteiger partial charge is 0.489 e. The molecule has 3 aromatic rings. The van der Waals surface area contributed by atoms with Gasteiger partial charge in [0.1, 0.15) is 29.9 Å². The number of hydrogen-bond acceptors (Lipinski definition) is 16. The van der Waals surface area contributed by atoms with Crippen molar-refractivity contribution in [3.05, 3.63) is 41.4 Å². The molecule has 3 unspecified atom stereocenters. The van der Waals surface area contributed by atoms with E-state index in [0.717, 1.165) is 35.5 Å². The number of hydrogen-bond donors (Lipinski definition) is 7. The van der Waals surface area contributed by atoms with Gasteiger partial charge in [0.25, 0.3) is 17.9 Å². The molecular weight excluding hydrogens is 786 g/mol. The lowest BCUT2D eigenvalue weighted by atomic mass is 9.84. The van der Waals surface area contributed by atoms with Crippen molar-refractivity contribution in [2.24, 2.45) is 5.16 Å². The van der Waals surface area contributed by atoms with E-state index >= 15 is 0 Å². The van der Waals surface area contributed by atoms with Crippen LogP contribution in [0.15, 0.2) is 40.9 Å². The highest BCUT2D eigenvalue weighted by Crippen LogP contribution is 2.33. The van der Waals surface area contributed by atoms with E-state index in [1.54, 1.807) is 18.2 Å². The summed E-state index contributed by atoms with van der Waals surface area (Å²) in [6.45, 7) is 7.34. The second-order valence-corrected chi connectivity index (χ2v) is 15.0. The maximum atomic E-state index is 13.2. The number of alkyl halides is 3. The van der Waals surface area contributed by atoms with Crippen molar-refractivity contribution >= 4 is 73.1 Å². The zero-order valence-electron chi connectivity index (χ0n) is 29.1. The Bertz CT molecular complexity index is 2100. The van der Waals surface area contributed by atoms with Gasteiger partial charge in [-0.05, 0) is 64.4 Å². The number of benzene rings is 1. The first-order valence-corrected chi connectivity index (χ1v) is 18.0. The average molecular weight is 821 g/mol. The average Bonchev–Trinajstić information content (AvgIpc) is 3.66. The number of carbonyl (C=O) groups excluding carboxylic acids is 2. The first-order valence-electron chi connectivity index (χ1n) is 15.7. The van der Waals surface area contributed by atoms with E-state index in [1.165, 1.54) is 19.2 Å². The topological polar surface area (TPSA) is 294 Å². The van der Waals surface area contributed by atoms with E-state index in [0.29, 0.717) is 16.3 Å². The van der Waals surface area contributed by atoms with Crippen molar-refractivity contribution in [3.8, 4) is 5.75 Å².